The van der Waals surface area contributed by atoms with Crippen molar-refractivity contribution in [3.63, 3.8) is 0 Å². The van der Waals surface area contributed by atoms with Gasteiger partial charge in [-0.15, -0.1) is 0 Å². The molecule has 1 aliphatic rings. The van der Waals surface area contributed by atoms with E-state index in [2.05, 4.69) is 10.1 Å². The summed E-state index contributed by atoms with van der Waals surface area (Å²) < 4.78 is 20.8. The minimum atomic E-state index is -0.348. The van der Waals surface area contributed by atoms with Crippen LogP contribution in [0, 0.1) is 12.7 Å². The lowest BCUT2D eigenvalue weighted by atomic mass is 9.92. The number of rotatable bonds is 4. The predicted molar refractivity (Wildman–Crippen MR) is 107 cm³/mol. The van der Waals surface area contributed by atoms with Crippen molar-refractivity contribution in [2.24, 2.45) is 7.05 Å². The number of amides is 1. The summed E-state index contributed by atoms with van der Waals surface area (Å²) in [6, 6.07) is 11.6. The third-order valence-electron chi connectivity index (χ3n) is 5.43. The molecule has 1 aromatic carbocycles. The number of pyridine rings is 1. The van der Waals surface area contributed by atoms with Gasteiger partial charge in [-0.05, 0) is 38.0 Å². The molecule has 1 aliphatic heterocycles. The molecule has 0 aliphatic carbocycles. The number of hydrogen-bond acceptors (Lipinski definition) is 4. The maximum absolute atomic E-state index is 13.4. The van der Waals surface area contributed by atoms with Crippen LogP contribution in [0.15, 0.2) is 48.7 Å². The average Bonchev–Trinajstić information content (AvgIpc) is 3.06. The van der Waals surface area contributed by atoms with Gasteiger partial charge in [0.25, 0.3) is 5.91 Å². The molecule has 7 heteroatoms. The van der Waals surface area contributed by atoms with Crippen LogP contribution >= 0.6 is 0 Å². The van der Waals surface area contributed by atoms with Gasteiger partial charge in [-0.2, -0.15) is 5.10 Å². The Kier molecular flexibility index (Phi) is 5.29. The van der Waals surface area contributed by atoms with Gasteiger partial charge in [0.2, 0.25) is 5.88 Å². The molecule has 2 aromatic heterocycles. The maximum Gasteiger partial charge on any atom is 0.257 e. The minimum absolute atomic E-state index is 0.0326. The average molecular weight is 394 g/mol. The van der Waals surface area contributed by atoms with Crippen molar-refractivity contribution in [2.45, 2.75) is 25.7 Å². The SMILES string of the molecule is Cc1c(C(=O)N2CCC(c3cccc(Oc4cccc(F)c4)n3)CC2)cnn1C. The van der Waals surface area contributed by atoms with E-state index in [1.165, 1.54) is 12.1 Å². The highest BCUT2D eigenvalue weighted by atomic mass is 19.1. The number of nitrogens with zero attached hydrogens (tertiary/aromatic N) is 4. The van der Waals surface area contributed by atoms with Gasteiger partial charge in [-0.3, -0.25) is 9.48 Å². The number of hydrogen-bond donors (Lipinski definition) is 0. The number of aromatic nitrogens is 3. The van der Waals surface area contributed by atoms with Crippen molar-refractivity contribution in [2.75, 3.05) is 13.1 Å². The molecule has 4 rings (SSSR count). The summed E-state index contributed by atoms with van der Waals surface area (Å²) in [7, 11) is 1.84. The third kappa shape index (κ3) is 4.13. The molecule has 1 fully saturated rings. The van der Waals surface area contributed by atoms with Crippen LogP contribution < -0.4 is 4.74 Å². The lowest BCUT2D eigenvalue weighted by Gasteiger charge is -2.31. The van der Waals surface area contributed by atoms with Gasteiger partial charge >= 0.3 is 0 Å². The zero-order valence-corrected chi connectivity index (χ0v) is 16.5. The summed E-state index contributed by atoms with van der Waals surface area (Å²) in [5, 5.41) is 4.17. The topological polar surface area (TPSA) is 60.3 Å². The van der Waals surface area contributed by atoms with E-state index in [4.69, 9.17) is 4.74 Å². The fraction of sp³-hybridized carbons (Fsp3) is 0.318. The molecule has 3 aromatic rings. The summed E-state index contributed by atoms with van der Waals surface area (Å²) in [4.78, 5) is 19.3. The van der Waals surface area contributed by atoms with E-state index in [0.717, 1.165) is 24.2 Å². The van der Waals surface area contributed by atoms with Gasteiger partial charge in [-0.25, -0.2) is 9.37 Å². The Hall–Kier alpha value is -3.22. The molecule has 0 radical (unpaired) electrons. The number of piperidine rings is 1. The molecule has 0 saturated carbocycles. The van der Waals surface area contributed by atoms with Crippen LogP contribution in [0.25, 0.3) is 0 Å². The second-order valence-electron chi connectivity index (χ2n) is 7.29. The Labute approximate surface area is 168 Å². The van der Waals surface area contributed by atoms with Gasteiger partial charge in [0, 0.05) is 49.6 Å². The molecule has 0 spiro atoms. The quantitative estimate of drug-likeness (QED) is 0.669. The molecule has 0 N–H and O–H groups in total. The molecule has 150 valence electrons. The van der Waals surface area contributed by atoms with Gasteiger partial charge in [0.15, 0.2) is 0 Å². The Balaban J connectivity index is 1.41. The molecule has 1 saturated heterocycles. The second-order valence-corrected chi connectivity index (χ2v) is 7.29. The first kappa shape index (κ1) is 19.1. The summed E-state index contributed by atoms with van der Waals surface area (Å²) in [5.74, 6) is 0.800. The van der Waals surface area contributed by atoms with Crippen LogP contribution in [0.5, 0.6) is 11.6 Å². The number of halogens is 1. The predicted octanol–water partition coefficient (Wildman–Crippen LogP) is 4.07. The highest BCUT2D eigenvalue weighted by Crippen LogP contribution is 2.30. The first-order chi connectivity index (χ1) is 14.0. The van der Waals surface area contributed by atoms with E-state index < -0.39 is 0 Å². The van der Waals surface area contributed by atoms with Gasteiger partial charge in [0.05, 0.1) is 11.8 Å². The van der Waals surface area contributed by atoms with Crippen LogP contribution in [-0.2, 0) is 7.05 Å². The van der Waals surface area contributed by atoms with Crippen LogP contribution in [0.1, 0.15) is 40.5 Å². The van der Waals surface area contributed by atoms with Crippen LogP contribution in [0.3, 0.4) is 0 Å². The first-order valence-electron chi connectivity index (χ1n) is 9.69. The Bertz CT molecular complexity index is 1030. The first-order valence-corrected chi connectivity index (χ1v) is 9.69. The number of likely N-dealkylation sites (tertiary alicyclic amines) is 1. The second kappa shape index (κ2) is 8.03. The Morgan fingerprint density at radius 1 is 1.17 bits per heavy atom. The molecule has 0 bridgehead atoms. The van der Waals surface area contributed by atoms with Crippen LogP contribution in [0.4, 0.5) is 4.39 Å². The van der Waals surface area contributed by atoms with E-state index in [1.54, 1.807) is 29.1 Å². The van der Waals surface area contributed by atoms with Crippen molar-refractivity contribution >= 4 is 5.91 Å². The van der Waals surface area contributed by atoms with Crippen LogP contribution in [0.2, 0.25) is 0 Å². The molecular weight excluding hydrogens is 371 g/mol. The fourth-order valence-electron chi connectivity index (χ4n) is 3.62. The molecule has 29 heavy (non-hydrogen) atoms. The van der Waals surface area contributed by atoms with E-state index in [0.29, 0.717) is 30.3 Å². The molecular formula is C22H23FN4O2. The number of carbonyl (C=O) groups excluding carboxylic acids is 1. The van der Waals surface area contributed by atoms with Crippen molar-refractivity contribution < 1.29 is 13.9 Å². The highest BCUT2D eigenvalue weighted by Gasteiger charge is 2.27. The summed E-state index contributed by atoms with van der Waals surface area (Å²) in [6.45, 7) is 3.25. The Morgan fingerprint density at radius 2 is 1.93 bits per heavy atom. The van der Waals surface area contributed by atoms with Gasteiger partial charge in [0.1, 0.15) is 11.6 Å². The smallest absolute Gasteiger partial charge is 0.257 e. The minimum Gasteiger partial charge on any atom is -0.439 e. The van der Waals surface area contributed by atoms with Gasteiger partial charge in [-0.1, -0.05) is 12.1 Å². The molecule has 6 nitrogen and oxygen atoms in total. The third-order valence-corrected chi connectivity index (χ3v) is 5.43. The van der Waals surface area contributed by atoms with Crippen molar-refractivity contribution in [3.05, 3.63) is 71.4 Å². The van der Waals surface area contributed by atoms with E-state index >= 15 is 0 Å². The Morgan fingerprint density at radius 3 is 2.62 bits per heavy atom. The van der Waals surface area contributed by atoms with Crippen molar-refractivity contribution in [1.29, 1.82) is 0 Å². The molecule has 0 atom stereocenters. The number of aryl methyl sites for hydroxylation is 1. The normalized spacial score (nSPS) is 14.8. The zero-order valence-electron chi connectivity index (χ0n) is 16.5. The lowest BCUT2D eigenvalue weighted by molar-refractivity contribution is 0.0711. The highest BCUT2D eigenvalue weighted by molar-refractivity contribution is 5.95. The van der Waals surface area contributed by atoms with Crippen molar-refractivity contribution in [1.82, 2.24) is 19.7 Å². The van der Waals surface area contributed by atoms with E-state index in [9.17, 15) is 9.18 Å². The van der Waals surface area contributed by atoms with E-state index in [1.807, 2.05) is 31.0 Å². The number of benzene rings is 1. The molecule has 1 amide bonds. The van der Waals surface area contributed by atoms with Crippen LogP contribution in [-0.4, -0.2) is 38.7 Å². The molecule has 0 unspecified atom stereocenters. The largest absolute Gasteiger partial charge is 0.439 e. The zero-order chi connectivity index (χ0) is 20.4. The van der Waals surface area contributed by atoms with Gasteiger partial charge < -0.3 is 9.64 Å². The summed E-state index contributed by atoms with van der Waals surface area (Å²) in [5.41, 5.74) is 2.47. The monoisotopic (exact) mass is 394 g/mol. The number of ether oxygens (including phenoxy) is 1. The fourth-order valence-corrected chi connectivity index (χ4v) is 3.62. The lowest BCUT2D eigenvalue weighted by Crippen LogP contribution is -2.38. The van der Waals surface area contributed by atoms with E-state index in [-0.39, 0.29) is 17.6 Å². The summed E-state index contributed by atoms with van der Waals surface area (Å²) >= 11 is 0. The standard InChI is InChI=1S/C22H23FN4O2/c1-15-19(14-24-26(15)2)22(28)27-11-9-16(10-12-27)20-7-4-8-21(25-20)29-18-6-3-5-17(23)13-18/h3-8,13-14,16H,9-12H2,1-2H3. The maximum atomic E-state index is 13.4. The molecule has 3 heterocycles. The van der Waals surface area contributed by atoms with Crippen molar-refractivity contribution in [3.8, 4) is 11.6 Å². The number of carbonyl (C=O) groups is 1. The summed E-state index contributed by atoms with van der Waals surface area (Å²) in [6.07, 6.45) is 3.31.